The molecule has 0 saturated carbocycles. The van der Waals surface area contributed by atoms with E-state index in [0.29, 0.717) is 29.5 Å². The van der Waals surface area contributed by atoms with Crippen LogP contribution in [-0.2, 0) is 9.59 Å². The summed E-state index contributed by atoms with van der Waals surface area (Å²) in [5.74, 6) is 0.331. The lowest BCUT2D eigenvalue weighted by molar-refractivity contribution is -0.139. The zero-order valence-electron chi connectivity index (χ0n) is 14.1. The number of anilines is 1. The fourth-order valence-electron chi connectivity index (χ4n) is 2.87. The van der Waals surface area contributed by atoms with Gasteiger partial charge in [0.1, 0.15) is 18.3 Å². The highest BCUT2D eigenvalue weighted by Crippen LogP contribution is 2.29. The average molecular weight is 363 g/mol. The van der Waals surface area contributed by atoms with Crippen molar-refractivity contribution in [2.24, 2.45) is 0 Å². The standard InChI is InChI=1S/C17H19ClN4O3/c1-12(22-10-13(18)9-19-22)17(24)20-7-8-21(16(23)11-20)14-5-3-4-6-15(14)25-2/h3-6,9-10,12H,7-8,11H2,1-2H3/t12-/m1/s1. The Labute approximate surface area is 150 Å². The summed E-state index contributed by atoms with van der Waals surface area (Å²) in [6.07, 6.45) is 3.08. The first-order valence-electron chi connectivity index (χ1n) is 7.93. The Morgan fingerprint density at radius 3 is 2.72 bits per heavy atom. The number of ether oxygens (including phenoxy) is 1. The average Bonchev–Trinajstić information content (AvgIpc) is 3.06. The highest BCUT2D eigenvalue weighted by atomic mass is 35.5. The van der Waals surface area contributed by atoms with Gasteiger partial charge in [-0.25, -0.2) is 0 Å². The van der Waals surface area contributed by atoms with E-state index in [-0.39, 0.29) is 18.4 Å². The fourth-order valence-corrected chi connectivity index (χ4v) is 3.02. The van der Waals surface area contributed by atoms with E-state index in [1.807, 2.05) is 24.3 Å². The maximum atomic E-state index is 12.6. The van der Waals surface area contributed by atoms with Crippen LogP contribution in [0.2, 0.25) is 5.02 Å². The molecular formula is C17H19ClN4O3. The number of nitrogens with zero attached hydrogens (tertiary/aromatic N) is 4. The molecule has 1 fully saturated rings. The Balaban J connectivity index is 1.71. The summed E-state index contributed by atoms with van der Waals surface area (Å²) < 4.78 is 6.82. The lowest BCUT2D eigenvalue weighted by atomic mass is 10.2. The number of methoxy groups -OCH3 is 1. The van der Waals surface area contributed by atoms with Crippen LogP contribution >= 0.6 is 11.6 Å². The third-order valence-corrected chi connectivity index (χ3v) is 4.43. The predicted octanol–water partition coefficient (Wildman–Crippen LogP) is 1.98. The van der Waals surface area contributed by atoms with E-state index >= 15 is 0 Å². The Hall–Kier alpha value is -2.54. The monoisotopic (exact) mass is 362 g/mol. The second-order valence-corrected chi connectivity index (χ2v) is 6.23. The van der Waals surface area contributed by atoms with Crippen LogP contribution in [0, 0.1) is 0 Å². The number of piperazine rings is 1. The first kappa shape index (κ1) is 17.3. The van der Waals surface area contributed by atoms with Crippen LogP contribution in [0.25, 0.3) is 0 Å². The molecule has 2 amide bonds. The van der Waals surface area contributed by atoms with Crippen molar-refractivity contribution in [1.29, 1.82) is 0 Å². The quantitative estimate of drug-likeness (QED) is 0.834. The first-order valence-corrected chi connectivity index (χ1v) is 8.31. The lowest BCUT2D eigenvalue weighted by Crippen LogP contribution is -2.53. The molecule has 1 aromatic heterocycles. The molecule has 2 heterocycles. The molecule has 1 aromatic carbocycles. The smallest absolute Gasteiger partial charge is 0.247 e. The minimum Gasteiger partial charge on any atom is -0.495 e. The molecule has 1 atom stereocenters. The summed E-state index contributed by atoms with van der Waals surface area (Å²) >= 11 is 5.85. The number of amides is 2. The molecule has 25 heavy (non-hydrogen) atoms. The van der Waals surface area contributed by atoms with E-state index in [4.69, 9.17) is 16.3 Å². The molecule has 1 saturated heterocycles. The van der Waals surface area contributed by atoms with E-state index in [1.54, 1.807) is 30.0 Å². The molecule has 7 nitrogen and oxygen atoms in total. The Morgan fingerprint density at radius 2 is 2.08 bits per heavy atom. The number of hydrogen-bond acceptors (Lipinski definition) is 4. The largest absolute Gasteiger partial charge is 0.495 e. The maximum Gasteiger partial charge on any atom is 0.247 e. The van der Waals surface area contributed by atoms with E-state index in [1.165, 1.54) is 10.9 Å². The highest BCUT2D eigenvalue weighted by Gasteiger charge is 2.32. The van der Waals surface area contributed by atoms with Crippen molar-refractivity contribution in [1.82, 2.24) is 14.7 Å². The molecule has 132 valence electrons. The van der Waals surface area contributed by atoms with Gasteiger partial charge in [0.25, 0.3) is 0 Å². The Morgan fingerprint density at radius 1 is 1.32 bits per heavy atom. The number of aromatic nitrogens is 2. The van der Waals surface area contributed by atoms with Crippen LogP contribution in [0.15, 0.2) is 36.7 Å². The van der Waals surface area contributed by atoms with Gasteiger partial charge in [-0.15, -0.1) is 0 Å². The van der Waals surface area contributed by atoms with Gasteiger partial charge in [-0.2, -0.15) is 5.10 Å². The maximum absolute atomic E-state index is 12.6. The van der Waals surface area contributed by atoms with Gasteiger partial charge in [-0.3, -0.25) is 14.3 Å². The summed E-state index contributed by atoms with van der Waals surface area (Å²) in [6, 6.07) is 6.83. The van der Waals surface area contributed by atoms with E-state index in [0.717, 1.165) is 0 Å². The third-order valence-electron chi connectivity index (χ3n) is 4.23. The fraction of sp³-hybridized carbons (Fsp3) is 0.353. The number of rotatable bonds is 4. The summed E-state index contributed by atoms with van der Waals surface area (Å²) in [5.41, 5.74) is 0.717. The number of halogens is 1. The van der Waals surface area contributed by atoms with Gasteiger partial charge in [0.2, 0.25) is 11.8 Å². The van der Waals surface area contributed by atoms with Crippen molar-refractivity contribution in [3.63, 3.8) is 0 Å². The second kappa shape index (κ2) is 7.14. The SMILES string of the molecule is COc1ccccc1N1CCN(C(=O)[C@@H](C)n2cc(Cl)cn2)CC1=O. The summed E-state index contributed by atoms with van der Waals surface area (Å²) in [4.78, 5) is 28.4. The van der Waals surface area contributed by atoms with Crippen LogP contribution in [0.4, 0.5) is 5.69 Å². The van der Waals surface area contributed by atoms with Crippen molar-refractivity contribution < 1.29 is 14.3 Å². The van der Waals surface area contributed by atoms with Crippen molar-refractivity contribution in [2.75, 3.05) is 31.6 Å². The Bertz CT molecular complexity index is 792. The first-order chi connectivity index (χ1) is 12.0. The van der Waals surface area contributed by atoms with Crippen molar-refractivity contribution in [3.8, 4) is 5.75 Å². The number of hydrogen-bond donors (Lipinski definition) is 0. The van der Waals surface area contributed by atoms with Crippen LogP contribution < -0.4 is 9.64 Å². The Kier molecular flexibility index (Phi) is 4.94. The molecule has 3 rings (SSSR count). The molecule has 0 unspecified atom stereocenters. The number of carbonyl (C=O) groups is 2. The summed E-state index contributed by atoms with van der Waals surface area (Å²) in [7, 11) is 1.57. The number of benzene rings is 1. The van der Waals surface area contributed by atoms with Crippen LogP contribution in [-0.4, -0.2) is 53.2 Å². The second-order valence-electron chi connectivity index (χ2n) is 5.79. The number of para-hydroxylation sites is 2. The molecule has 0 radical (unpaired) electrons. The van der Waals surface area contributed by atoms with Crippen LogP contribution in [0.3, 0.4) is 0 Å². The van der Waals surface area contributed by atoms with Gasteiger partial charge >= 0.3 is 0 Å². The topological polar surface area (TPSA) is 67.7 Å². The molecule has 1 aliphatic heterocycles. The molecule has 8 heteroatoms. The molecule has 0 bridgehead atoms. The molecule has 0 N–H and O–H groups in total. The zero-order chi connectivity index (χ0) is 18.0. The summed E-state index contributed by atoms with van der Waals surface area (Å²) in [6.45, 7) is 2.62. The van der Waals surface area contributed by atoms with Gasteiger partial charge in [0.05, 0.1) is 24.0 Å². The van der Waals surface area contributed by atoms with Crippen molar-refractivity contribution in [3.05, 3.63) is 41.7 Å². The molecule has 1 aliphatic rings. The molecule has 0 spiro atoms. The minimum absolute atomic E-state index is 0.0240. The molecule has 0 aliphatic carbocycles. The van der Waals surface area contributed by atoms with Crippen LogP contribution in [0.5, 0.6) is 5.75 Å². The third kappa shape index (κ3) is 3.46. The number of carbonyl (C=O) groups excluding carboxylic acids is 2. The van der Waals surface area contributed by atoms with Gasteiger partial charge in [0.15, 0.2) is 0 Å². The predicted molar refractivity (Wildman–Crippen MR) is 93.9 cm³/mol. The normalized spacial score (nSPS) is 16.0. The van der Waals surface area contributed by atoms with Crippen molar-refractivity contribution in [2.45, 2.75) is 13.0 Å². The van der Waals surface area contributed by atoms with Crippen LogP contribution in [0.1, 0.15) is 13.0 Å². The van der Waals surface area contributed by atoms with Crippen molar-refractivity contribution >= 4 is 29.1 Å². The van der Waals surface area contributed by atoms with Gasteiger partial charge in [0, 0.05) is 19.3 Å². The van der Waals surface area contributed by atoms with Gasteiger partial charge < -0.3 is 14.5 Å². The summed E-state index contributed by atoms with van der Waals surface area (Å²) in [5, 5.41) is 4.53. The molecular weight excluding hydrogens is 344 g/mol. The van der Waals surface area contributed by atoms with E-state index in [2.05, 4.69) is 5.10 Å². The zero-order valence-corrected chi connectivity index (χ0v) is 14.8. The lowest BCUT2D eigenvalue weighted by Gasteiger charge is -2.35. The van der Waals surface area contributed by atoms with Gasteiger partial charge in [-0.1, -0.05) is 23.7 Å². The van der Waals surface area contributed by atoms with Gasteiger partial charge in [-0.05, 0) is 19.1 Å². The molecule has 2 aromatic rings. The highest BCUT2D eigenvalue weighted by molar-refractivity contribution is 6.30. The minimum atomic E-state index is -0.516. The van der Waals surface area contributed by atoms with E-state index in [9.17, 15) is 9.59 Å². The van der Waals surface area contributed by atoms with E-state index < -0.39 is 6.04 Å².